The summed E-state index contributed by atoms with van der Waals surface area (Å²) in [5.41, 5.74) is 0.331. The van der Waals surface area contributed by atoms with E-state index in [4.69, 9.17) is 4.74 Å². The second-order valence-electron chi connectivity index (χ2n) is 8.19. The number of carbonyl (C=O) groups excluding carboxylic acids is 3. The first-order valence-corrected chi connectivity index (χ1v) is 10.3. The number of pyridine rings is 1. The van der Waals surface area contributed by atoms with E-state index in [0.717, 1.165) is 38.5 Å². The molecule has 8 heteroatoms. The van der Waals surface area contributed by atoms with Crippen molar-refractivity contribution in [2.75, 3.05) is 26.7 Å². The number of esters is 1. The van der Waals surface area contributed by atoms with E-state index < -0.39 is 5.97 Å². The van der Waals surface area contributed by atoms with Gasteiger partial charge >= 0.3 is 12.1 Å². The van der Waals surface area contributed by atoms with Crippen LogP contribution < -0.4 is 0 Å². The Labute approximate surface area is 170 Å². The predicted octanol–water partition coefficient (Wildman–Crippen LogP) is 2.63. The minimum absolute atomic E-state index is 0.113. The third-order valence-corrected chi connectivity index (χ3v) is 6.36. The molecule has 4 rings (SSSR count). The lowest BCUT2D eigenvalue weighted by Gasteiger charge is -2.36. The first-order valence-electron chi connectivity index (χ1n) is 10.3. The van der Waals surface area contributed by atoms with E-state index in [0.29, 0.717) is 30.9 Å². The Morgan fingerprint density at radius 3 is 2.52 bits per heavy atom. The van der Waals surface area contributed by atoms with Crippen molar-refractivity contribution in [2.24, 2.45) is 0 Å². The number of hydrogen-bond acceptors (Lipinski definition) is 6. The molecule has 1 spiro atoms. The SMILES string of the molecule is COC(=O)c1ccc(C(=O)N2CCC(N3CC4(CCCCC4)OC3=O)CC2)nc1. The van der Waals surface area contributed by atoms with Gasteiger partial charge in [-0.1, -0.05) is 6.42 Å². The van der Waals surface area contributed by atoms with Gasteiger partial charge in [-0.05, 0) is 50.7 Å². The number of amides is 2. The number of nitrogens with zero attached hydrogens (tertiary/aromatic N) is 3. The second-order valence-corrected chi connectivity index (χ2v) is 8.19. The molecule has 2 saturated heterocycles. The second kappa shape index (κ2) is 8.00. The molecule has 0 aromatic carbocycles. The van der Waals surface area contributed by atoms with Crippen LogP contribution in [-0.4, -0.2) is 71.1 Å². The first-order chi connectivity index (χ1) is 14.0. The molecule has 1 saturated carbocycles. The van der Waals surface area contributed by atoms with Crippen LogP contribution in [0.25, 0.3) is 0 Å². The molecule has 3 aliphatic rings. The number of aromatic nitrogens is 1. The molecule has 3 heterocycles. The van der Waals surface area contributed by atoms with Crippen molar-refractivity contribution in [3.05, 3.63) is 29.6 Å². The summed E-state index contributed by atoms with van der Waals surface area (Å²) in [5.74, 6) is -0.641. The van der Waals surface area contributed by atoms with E-state index in [1.807, 2.05) is 4.90 Å². The quantitative estimate of drug-likeness (QED) is 0.724. The molecule has 29 heavy (non-hydrogen) atoms. The van der Waals surface area contributed by atoms with Gasteiger partial charge in [0.05, 0.1) is 19.2 Å². The molecule has 2 amide bonds. The maximum Gasteiger partial charge on any atom is 0.410 e. The van der Waals surface area contributed by atoms with Crippen LogP contribution >= 0.6 is 0 Å². The standard InChI is InChI=1S/C21H27N3O5/c1-28-19(26)15-5-6-17(22-13-15)18(25)23-11-7-16(8-12-23)24-14-21(29-20(24)27)9-3-2-4-10-21/h5-6,13,16H,2-4,7-12,14H2,1H3. The molecule has 3 fully saturated rings. The maximum atomic E-state index is 12.7. The van der Waals surface area contributed by atoms with Gasteiger partial charge in [-0.2, -0.15) is 0 Å². The van der Waals surface area contributed by atoms with E-state index in [-0.39, 0.29) is 23.6 Å². The number of carbonyl (C=O) groups is 3. The molecule has 2 aliphatic heterocycles. The molecule has 1 aromatic rings. The lowest BCUT2D eigenvalue weighted by atomic mass is 9.84. The van der Waals surface area contributed by atoms with Gasteiger partial charge in [-0.15, -0.1) is 0 Å². The van der Waals surface area contributed by atoms with Crippen molar-refractivity contribution in [3.8, 4) is 0 Å². The van der Waals surface area contributed by atoms with Crippen LogP contribution in [0.5, 0.6) is 0 Å². The fraction of sp³-hybridized carbons (Fsp3) is 0.619. The van der Waals surface area contributed by atoms with Crippen molar-refractivity contribution >= 4 is 18.0 Å². The molecular formula is C21H27N3O5. The summed E-state index contributed by atoms with van der Waals surface area (Å²) in [7, 11) is 1.30. The van der Waals surface area contributed by atoms with Crippen LogP contribution in [0.2, 0.25) is 0 Å². The Bertz CT molecular complexity index is 780. The molecule has 0 radical (unpaired) electrons. The third kappa shape index (κ3) is 3.93. The van der Waals surface area contributed by atoms with E-state index in [1.165, 1.54) is 19.7 Å². The smallest absolute Gasteiger partial charge is 0.410 e. The van der Waals surface area contributed by atoms with Crippen molar-refractivity contribution in [3.63, 3.8) is 0 Å². The minimum atomic E-state index is -0.481. The van der Waals surface area contributed by atoms with Crippen LogP contribution in [-0.2, 0) is 9.47 Å². The van der Waals surface area contributed by atoms with Gasteiger partial charge in [0.1, 0.15) is 11.3 Å². The van der Waals surface area contributed by atoms with E-state index in [1.54, 1.807) is 17.0 Å². The fourth-order valence-corrected chi connectivity index (χ4v) is 4.69. The summed E-state index contributed by atoms with van der Waals surface area (Å²) >= 11 is 0. The molecule has 0 atom stereocenters. The monoisotopic (exact) mass is 401 g/mol. The first kappa shape index (κ1) is 19.7. The average molecular weight is 401 g/mol. The molecule has 0 N–H and O–H groups in total. The highest BCUT2D eigenvalue weighted by molar-refractivity contribution is 5.94. The average Bonchev–Trinajstić information content (AvgIpc) is 3.08. The minimum Gasteiger partial charge on any atom is -0.465 e. The largest absolute Gasteiger partial charge is 0.465 e. The number of likely N-dealkylation sites (tertiary alicyclic amines) is 1. The zero-order valence-electron chi connectivity index (χ0n) is 16.8. The lowest BCUT2D eigenvalue weighted by molar-refractivity contribution is 0.0259. The Morgan fingerprint density at radius 2 is 1.90 bits per heavy atom. The highest BCUT2D eigenvalue weighted by Gasteiger charge is 2.48. The Kier molecular flexibility index (Phi) is 5.43. The van der Waals surface area contributed by atoms with E-state index in [9.17, 15) is 14.4 Å². The highest BCUT2D eigenvalue weighted by Crippen LogP contribution is 2.38. The summed E-state index contributed by atoms with van der Waals surface area (Å²) in [6, 6.07) is 3.20. The highest BCUT2D eigenvalue weighted by atomic mass is 16.6. The van der Waals surface area contributed by atoms with Gasteiger partial charge in [-0.3, -0.25) is 9.78 Å². The van der Waals surface area contributed by atoms with Crippen molar-refractivity contribution in [1.82, 2.24) is 14.8 Å². The van der Waals surface area contributed by atoms with Gasteiger partial charge in [-0.25, -0.2) is 9.59 Å². The maximum absolute atomic E-state index is 12.7. The molecule has 8 nitrogen and oxygen atoms in total. The van der Waals surface area contributed by atoms with E-state index >= 15 is 0 Å². The van der Waals surface area contributed by atoms with Gasteiger partial charge in [0.2, 0.25) is 0 Å². The van der Waals surface area contributed by atoms with Gasteiger partial charge in [0.25, 0.3) is 5.91 Å². The topological polar surface area (TPSA) is 89.0 Å². The van der Waals surface area contributed by atoms with Gasteiger partial charge in [0.15, 0.2) is 0 Å². The summed E-state index contributed by atoms with van der Waals surface area (Å²) in [6.45, 7) is 1.82. The van der Waals surface area contributed by atoms with Crippen LogP contribution in [0.3, 0.4) is 0 Å². The number of ether oxygens (including phenoxy) is 2. The number of hydrogen-bond donors (Lipinski definition) is 0. The summed E-state index contributed by atoms with van der Waals surface area (Å²) in [5, 5.41) is 0. The number of rotatable bonds is 3. The predicted molar refractivity (Wildman–Crippen MR) is 104 cm³/mol. The van der Waals surface area contributed by atoms with Crippen LogP contribution in [0.4, 0.5) is 4.79 Å². The van der Waals surface area contributed by atoms with Crippen LogP contribution in [0, 0.1) is 0 Å². The molecule has 0 unspecified atom stereocenters. The molecule has 0 bridgehead atoms. The molecule has 156 valence electrons. The Hall–Kier alpha value is -2.64. The number of methoxy groups -OCH3 is 1. The Morgan fingerprint density at radius 1 is 1.17 bits per heavy atom. The van der Waals surface area contributed by atoms with Crippen LogP contribution in [0.1, 0.15) is 65.8 Å². The fourth-order valence-electron chi connectivity index (χ4n) is 4.69. The summed E-state index contributed by atoms with van der Waals surface area (Å²) < 4.78 is 10.4. The molecule has 1 aliphatic carbocycles. The summed E-state index contributed by atoms with van der Waals surface area (Å²) in [6.07, 6.45) is 8.00. The zero-order chi connectivity index (χ0) is 20.4. The van der Waals surface area contributed by atoms with Gasteiger partial charge in [0, 0.05) is 25.3 Å². The zero-order valence-corrected chi connectivity index (χ0v) is 16.8. The van der Waals surface area contributed by atoms with Crippen molar-refractivity contribution < 1.29 is 23.9 Å². The van der Waals surface area contributed by atoms with E-state index in [2.05, 4.69) is 9.72 Å². The van der Waals surface area contributed by atoms with Crippen molar-refractivity contribution in [1.29, 1.82) is 0 Å². The van der Waals surface area contributed by atoms with Crippen molar-refractivity contribution in [2.45, 2.75) is 56.6 Å². The van der Waals surface area contributed by atoms with Gasteiger partial charge < -0.3 is 19.3 Å². The summed E-state index contributed by atoms with van der Waals surface area (Å²) in [4.78, 5) is 44.5. The third-order valence-electron chi connectivity index (χ3n) is 6.36. The van der Waals surface area contributed by atoms with Crippen LogP contribution in [0.15, 0.2) is 18.3 Å². The molecular weight excluding hydrogens is 374 g/mol. The number of piperidine rings is 1. The lowest BCUT2D eigenvalue weighted by Crippen LogP contribution is -2.48. The molecule has 1 aromatic heterocycles. The normalized spacial score (nSPS) is 21.9. The Balaban J connectivity index is 1.34.